The van der Waals surface area contributed by atoms with Crippen molar-refractivity contribution >= 4 is 23.6 Å². The Morgan fingerprint density at radius 3 is 2.06 bits per heavy atom. The Labute approximate surface area is 198 Å². The molecule has 1 aliphatic carbocycles. The summed E-state index contributed by atoms with van der Waals surface area (Å²) in [4.78, 5) is 29.5. The highest BCUT2D eigenvalue weighted by molar-refractivity contribution is 6.30. The molecule has 0 saturated carbocycles. The van der Waals surface area contributed by atoms with Crippen LogP contribution in [-0.2, 0) is 9.53 Å². The summed E-state index contributed by atoms with van der Waals surface area (Å²) in [5, 5.41) is 0.550. The zero-order valence-electron chi connectivity index (χ0n) is 18.6. The van der Waals surface area contributed by atoms with Crippen LogP contribution in [0.1, 0.15) is 28.8 Å². The van der Waals surface area contributed by atoms with Gasteiger partial charge in [0, 0.05) is 36.8 Å². The van der Waals surface area contributed by atoms with Crippen LogP contribution in [0.5, 0.6) is 0 Å². The second-order valence-electron chi connectivity index (χ2n) is 8.01. The summed E-state index contributed by atoms with van der Waals surface area (Å²) in [5.74, 6) is -0.246. The molecule has 3 aromatic rings. The van der Waals surface area contributed by atoms with E-state index in [0.29, 0.717) is 17.1 Å². The van der Waals surface area contributed by atoms with Crippen molar-refractivity contribution < 1.29 is 14.3 Å². The molecule has 1 atom stereocenters. The molecule has 0 unspecified atom stereocenters. The first-order valence-electron chi connectivity index (χ1n) is 10.7. The highest BCUT2D eigenvalue weighted by Crippen LogP contribution is 2.45. The number of fused-ring (bicyclic) bond motifs is 3. The number of likely N-dealkylation sites (N-methyl/N-ethyl adjacent to an activating group) is 2. The van der Waals surface area contributed by atoms with Gasteiger partial charge in [0.25, 0.3) is 0 Å². The Bertz CT molecular complexity index is 1150. The summed E-state index contributed by atoms with van der Waals surface area (Å²) in [5.41, 5.74) is 4.60. The van der Waals surface area contributed by atoms with E-state index in [1.54, 1.807) is 44.4 Å². The van der Waals surface area contributed by atoms with E-state index >= 15 is 0 Å². The number of benzene rings is 3. The number of halogens is 1. The van der Waals surface area contributed by atoms with Crippen LogP contribution in [0.3, 0.4) is 0 Å². The Morgan fingerprint density at radius 1 is 0.970 bits per heavy atom. The van der Waals surface area contributed by atoms with E-state index < -0.39 is 18.2 Å². The topological polar surface area (TPSA) is 49.9 Å². The predicted molar refractivity (Wildman–Crippen MR) is 130 cm³/mol. The highest BCUT2D eigenvalue weighted by atomic mass is 35.5. The smallest absolute Gasteiger partial charge is 0.411 e. The van der Waals surface area contributed by atoms with E-state index in [-0.39, 0.29) is 5.91 Å². The summed E-state index contributed by atoms with van der Waals surface area (Å²) in [6.07, 6.45) is 0.507. The monoisotopic (exact) mass is 460 g/mol. The molecule has 0 aliphatic heterocycles. The molecule has 0 spiro atoms. The first-order valence-corrected chi connectivity index (χ1v) is 11.0. The molecule has 33 heavy (non-hydrogen) atoms. The normalized spacial score (nSPS) is 12.9. The number of hydrogen-bond acceptors (Lipinski definition) is 3. The van der Waals surface area contributed by atoms with Crippen molar-refractivity contribution in [3.63, 3.8) is 0 Å². The number of hydrogen-bond donors (Lipinski definition) is 0. The Balaban J connectivity index is 1.65. The second kappa shape index (κ2) is 9.51. The third-order valence-electron chi connectivity index (χ3n) is 5.87. The third kappa shape index (κ3) is 4.37. The number of rotatable bonds is 6. The predicted octanol–water partition coefficient (Wildman–Crippen LogP) is 5.86. The zero-order valence-corrected chi connectivity index (χ0v) is 19.3. The molecule has 2 amide bonds. The van der Waals surface area contributed by atoms with Crippen LogP contribution in [0.4, 0.5) is 4.79 Å². The lowest BCUT2D eigenvalue weighted by Crippen LogP contribution is -2.43. The lowest BCUT2D eigenvalue weighted by molar-refractivity contribution is -0.134. The maximum atomic E-state index is 13.4. The van der Waals surface area contributed by atoms with Gasteiger partial charge in [-0.25, -0.2) is 4.79 Å². The molecule has 168 valence electrons. The number of carbonyl (C=O) groups excluding carboxylic acids is 2. The molecule has 0 radical (unpaired) electrons. The standard InChI is InChI=1S/C27H25ClN2O3/c1-4-17-29(2)26(31)24(18-13-15-19(28)16-14-18)30(3)27(32)33-25-22-11-7-5-9-20(22)21-10-6-8-12-23(21)25/h4-16,24-25H,1,17H2,2-3H3/t24-/m1/s1. The lowest BCUT2D eigenvalue weighted by Gasteiger charge is -2.31. The first-order chi connectivity index (χ1) is 15.9. The van der Waals surface area contributed by atoms with E-state index in [4.69, 9.17) is 16.3 Å². The molecule has 6 heteroatoms. The van der Waals surface area contributed by atoms with Crippen molar-refractivity contribution in [2.45, 2.75) is 12.1 Å². The number of carbonyl (C=O) groups is 2. The van der Waals surface area contributed by atoms with Gasteiger partial charge in [0.1, 0.15) is 6.04 Å². The van der Waals surface area contributed by atoms with Gasteiger partial charge in [-0.1, -0.05) is 78.3 Å². The Hall–Kier alpha value is -3.57. The van der Waals surface area contributed by atoms with Crippen molar-refractivity contribution in [3.05, 3.63) is 107 Å². The summed E-state index contributed by atoms with van der Waals surface area (Å²) in [7, 11) is 3.25. The van der Waals surface area contributed by atoms with Crippen LogP contribution in [0, 0.1) is 0 Å². The fourth-order valence-electron chi connectivity index (χ4n) is 4.19. The van der Waals surface area contributed by atoms with Gasteiger partial charge in [0.2, 0.25) is 5.91 Å². The molecule has 0 aromatic heterocycles. The summed E-state index contributed by atoms with van der Waals surface area (Å²) < 4.78 is 6.01. The zero-order chi connectivity index (χ0) is 23.5. The Kier molecular flexibility index (Phi) is 6.52. The molecule has 5 nitrogen and oxygen atoms in total. The summed E-state index contributed by atoms with van der Waals surface area (Å²) in [6.45, 7) is 4.06. The molecule has 0 saturated heterocycles. The van der Waals surface area contributed by atoms with Crippen molar-refractivity contribution in [2.24, 2.45) is 0 Å². The summed E-state index contributed by atoms with van der Waals surface area (Å²) >= 11 is 6.05. The van der Waals surface area contributed by atoms with Gasteiger partial charge in [0.15, 0.2) is 6.10 Å². The minimum absolute atomic E-state index is 0.246. The maximum Gasteiger partial charge on any atom is 0.411 e. The minimum atomic E-state index is -0.869. The van der Waals surface area contributed by atoms with Crippen LogP contribution < -0.4 is 0 Å². The third-order valence-corrected chi connectivity index (χ3v) is 6.12. The van der Waals surface area contributed by atoms with Gasteiger partial charge in [-0.2, -0.15) is 0 Å². The van der Waals surface area contributed by atoms with Crippen LogP contribution in [-0.4, -0.2) is 42.4 Å². The molecule has 0 fully saturated rings. The van der Waals surface area contributed by atoms with Gasteiger partial charge >= 0.3 is 6.09 Å². The van der Waals surface area contributed by atoms with Crippen molar-refractivity contribution in [1.82, 2.24) is 9.80 Å². The molecule has 3 aromatic carbocycles. The van der Waals surface area contributed by atoms with Crippen molar-refractivity contribution in [3.8, 4) is 11.1 Å². The fraction of sp³-hybridized carbons (Fsp3) is 0.185. The number of nitrogens with zero attached hydrogens (tertiary/aromatic N) is 2. The van der Waals surface area contributed by atoms with Crippen LogP contribution in [0.25, 0.3) is 11.1 Å². The molecular weight excluding hydrogens is 436 g/mol. The second-order valence-corrected chi connectivity index (χ2v) is 8.45. The quantitative estimate of drug-likeness (QED) is 0.432. The van der Waals surface area contributed by atoms with Gasteiger partial charge in [-0.05, 0) is 28.8 Å². The lowest BCUT2D eigenvalue weighted by atomic mass is 10.0. The number of ether oxygens (including phenoxy) is 1. The SMILES string of the molecule is C=CCN(C)C(=O)[C@@H](c1ccc(Cl)cc1)N(C)C(=O)OC1c2ccccc2-c2ccccc21. The van der Waals surface area contributed by atoms with Gasteiger partial charge in [-0.15, -0.1) is 6.58 Å². The average molecular weight is 461 g/mol. The largest absolute Gasteiger partial charge is 0.436 e. The highest BCUT2D eigenvalue weighted by Gasteiger charge is 2.36. The first kappa shape index (κ1) is 22.6. The van der Waals surface area contributed by atoms with Crippen LogP contribution in [0.2, 0.25) is 5.02 Å². The minimum Gasteiger partial charge on any atom is -0.436 e. The van der Waals surface area contributed by atoms with E-state index in [9.17, 15) is 9.59 Å². The van der Waals surface area contributed by atoms with Crippen LogP contribution >= 0.6 is 11.6 Å². The van der Waals surface area contributed by atoms with E-state index in [1.807, 2.05) is 48.5 Å². The van der Waals surface area contributed by atoms with Gasteiger partial charge in [-0.3, -0.25) is 9.69 Å². The van der Waals surface area contributed by atoms with E-state index in [0.717, 1.165) is 22.3 Å². The molecule has 4 rings (SSSR count). The average Bonchev–Trinajstić information content (AvgIpc) is 3.14. The molecular formula is C27H25ClN2O3. The summed E-state index contributed by atoms with van der Waals surface area (Å²) in [6, 6.07) is 21.8. The number of amides is 2. The van der Waals surface area contributed by atoms with Crippen molar-refractivity contribution in [1.29, 1.82) is 0 Å². The molecule has 0 N–H and O–H groups in total. The van der Waals surface area contributed by atoms with E-state index in [2.05, 4.69) is 6.58 Å². The van der Waals surface area contributed by atoms with E-state index in [1.165, 1.54) is 9.80 Å². The molecule has 0 bridgehead atoms. The van der Waals surface area contributed by atoms with Crippen molar-refractivity contribution in [2.75, 3.05) is 20.6 Å². The van der Waals surface area contributed by atoms with Crippen LogP contribution in [0.15, 0.2) is 85.5 Å². The maximum absolute atomic E-state index is 13.4. The van der Waals surface area contributed by atoms with Gasteiger partial charge < -0.3 is 9.64 Å². The Morgan fingerprint density at radius 2 is 1.52 bits per heavy atom. The molecule has 0 heterocycles. The fourth-order valence-corrected chi connectivity index (χ4v) is 4.32. The molecule has 1 aliphatic rings. The van der Waals surface area contributed by atoms with Gasteiger partial charge in [0.05, 0.1) is 0 Å².